The molecule has 27 heavy (non-hydrogen) atoms. The number of anilines is 1. The molecular weight excluding hydrogens is 342 g/mol. The zero-order valence-electron chi connectivity index (χ0n) is 15.3. The lowest BCUT2D eigenvalue weighted by Crippen LogP contribution is -2.38. The summed E-state index contributed by atoms with van der Waals surface area (Å²) < 4.78 is 0. The molecule has 140 valence electrons. The molecule has 0 spiro atoms. The minimum absolute atomic E-state index is 0.0113. The van der Waals surface area contributed by atoms with E-state index in [0.29, 0.717) is 5.57 Å². The molecule has 1 unspecified atom stereocenters. The Morgan fingerprint density at radius 1 is 1.30 bits per heavy atom. The van der Waals surface area contributed by atoms with Crippen LogP contribution in [0.1, 0.15) is 18.9 Å². The number of allylic oxidation sites excluding steroid dienone is 1. The third kappa shape index (κ3) is 3.80. The molecular formula is C21H23N3O3. The SMILES string of the molecule is C/C(=C(/C#N)C(=O)NCC(O)CO)c1ccc2ccccc2c1N1CCC1. The summed E-state index contributed by atoms with van der Waals surface area (Å²) in [5.41, 5.74) is 2.52. The first-order valence-electron chi connectivity index (χ1n) is 9.02. The van der Waals surface area contributed by atoms with E-state index < -0.39 is 18.6 Å². The van der Waals surface area contributed by atoms with Gasteiger partial charge in [-0.15, -0.1) is 0 Å². The summed E-state index contributed by atoms with van der Waals surface area (Å²) in [5.74, 6) is -0.551. The summed E-state index contributed by atoms with van der Waals surface area (Å²) in [5, 5.41) is 32.6. The third-order valence-corrected chi connectivity index (χ3v) is 4.90. The van der Waals surface area contributed by atoms with E-state index in [1.165, 1.54) is 0 Å². The van der Waals surface area contributed by atoms with E-state index in [4.69, 9.17) is 5.11 Å². The normalized spacial score (nSPS) is 15.6. The monoisotopic (exact) mass is 365 g/mol. The second-order valence-corrected chi connectivity index (χ2v) is 6.68. The van der Waals surface area contributed by atoms with Crippen molar-refractivity contribution in [2.24, 2.45) is 0 Å². The number of carbonyl (C=O) groups is 1. The zero-order valence-corrected chi connectivity index (χ0v) is 15.3. The minimum atomic E-state index is -1.05. The van der Waals surface area contributed by atoms with Crippen molar-refractivity contribution in [3.8, 4) is 6.07 Å². The summed E-state index contributed by atoms with van der Waals surface area (Å²) in [6.07, 6.45) is 0.0716. The topological polar surface area (TPSA) is 96.6 Å². The summed E-state index contributed by atoms with van der Waals surface area (Å²) in [4.78, 5) is 14.7. The van der Waals surface area contributed by atoms with Crippen LogP contribution in [0.4, 0.5) is 5.69 Å². The van der Waals surface area contributed by atoms with E-state index in [1.807, 2.05) is 30.3 Å². The van der Waals surface area contributed by atoms with Crippen LogP contribution in [0.25, 0.3) is 16.3 Å². The molecule has 1 aliphatic rings. The van der Waals surface area contributed by atoms with Crippen LogP contribution >= 0.6 is 0 Å². The highest BCUT2D eigenvalue weighted by molar-refractivity contribution is 6.08. The van der Waals surface area contributed by atoms with E-state index in [-0.39, 0.29) is 12.1 Å². The molecule has 1 heterocycles. The number of benzene rings is 2. The van der Waals surface area contributed by atoms with Crippen LogP contribution in [0, 0.1) is 11.3 Å². The molecule has 2 aromatic rings. The van der Waals surface area contributed by atoms with Gasteiger partial charge in [-0.1, -0.05) is 36.4 Å². The molecule has 1 fully saturated rings. The van der Waals surface area contributed by atoms with E-state index in [2.05, 4.69) is 22.3 Å². The van der Waals surface area contributed by atoms with Crippen LogP contribution in [0.3, 0.4) is 0 Å². The van der Waals surface area contributed by atoms with Crippen LogP contribution in [0.5, 0.6) is 0 Å². The van der Waals surface area contributed by atoms with Gasteiger partial charge in [0.2, 0.25) is 0 Å². The fourth-order valence-electron chi connectivity index (χ4n) is 3.24. The number of hydrogen-bond donors (Lipinski definition) is 3. The smallest absolute Gasteiger partial charge is 0.262 e. The predicted octanol–water partition coefficient (Wildman–Crippen LogP) is 1.82. The maximum Gasteiger partial charge on any atom is 0.262 e. The molecule has 0 aliphatic carbocycles. The molecule has 1 amide bonds. The molecule has 0 bridgehead atoms. The number of nitrogens with one attached hydrogen (secondary N) is 1. The first-order chi connectivity index (χ1) is 13.1. The van der Waals surface area contributed by atoms with Gasteiger partial charge in [0.15, 0.2) is 0 Å². The Bertz CT molecular complexity index is 926. The van der Waals surface area contributed by atoms with Crippen LogP contribution in [-0.2, 0) is 4.79 Å². The Morgan fingerprint density at radius 2 is 2.04 bits per heavy atom. The van der Waals surface area contributed by atoms with Crippen molar-refractivity contribution in [1.82, 2.24) is 5.32 Å². The standard InChI is InChI=1S/C21H23N3O3/c1-14(19(11-22)21(27)23-12-16(26)13-25)17-8-7-15-5-2-3-6-18(15)20(17)24-9-4-10-24/h2-3,5-8,16,25-26H,4,9-10,12-13H2,1H3,(H,23,27)/b19-14+. The Balaban J connectivity index is 2.05. The van der Waals surface area contributed by atoms with Crippen molar-refractivity contribution in [3.05, 3.63) is 47.5 Å². The highest BCUT2D eigenvalue weighted by atomic mass is 16.3. The summed E-state index contributed by atoms with van der Waals surface area (Å²) in [7, 11) is 0. The Hall–Kier alpha value is -2.88. The fraction of sp³-hybridized carbons (Fsp3) is 0.333. The number of carbonyl (C=O) groups excluding carboxylic acids is 1. The molecule has 1 atom stereocenters. The van der Waals surface area contributed by atoms with Crippen molar-refractivity contribution in [2.45, 2.75) is 19.4 Å². The molecule has 2 aromatic carbocycles. The molecule has 0 radical (unpaired) electrons. The van der Waals surface area contributed by atoms with Crippen LogP contribution in [0.15, 0.2) is 42.0 Å². The molecule has 3 N–H and O–H groups in total. The van der Waals surface area contributed by atoms with Crippen molar-refractivity contribution in [1.29, 1.82) is 5.26 Å². The number of hydrogen-bond acceptors (Lipinski definition) is 5. The van der Waals surface area contributed by atoms with Gasteiger partial charge in [-0.25, -0.2) is 0 Å². The van der Waals surface area contributed by atoms with Gasteiger partial charge in [-0.3, -0.25) is 4.79 Å². The number of nitriles is 1. The third-order valence-electron chi connectivity index (χ3n) is 4.90. The molecule has 1 aliphatic heterocycles. The van der Waals surface area contributed by atoms with Gasteiger partial charge in [0, 0.05) is 30.6 Å². The Labute approximate surface area is 158 Å². The van der Waals surface area contributed by atoms with E-state index >= 15 is 0 Å². The summed E-state index contributed by atoms with van der Waals surface area (Å²) in [6, 6.07) is 14.0. The molecule has 6 heteroatoms. The lowest BCUT2D eigenvalue weighted by Gasteiger charge is -2.36. The average Bonchev–Trinajstić information content (AvgIpc) is 2.65. The minimum Gasteiger partial charge on any atom is -0.394 e. The first-order valence-corrected chi connectivity index (χ1v) is 9.02. The zero-order chi connectivity index (χ0) is 19.4. The molecule has 1 saturated heterocycles. The number of nitrogens with zero attached hydrogens (tertiary/aromatic N) is 2. The first kappa shape index (κ1) is 18.9. The number of aliphatic hydroxyl groups excluding tert-OH is 2. The summed E-state index contributed by atoms with van der Waals surface area (Å²) in [6.45, 7) is 3.11. The largest absolute Gasteiger partial charge is 0.394 e. The Morgan fingerprint density at radius 3 is 2.67 bits per heavy atom. The Kier molecular flexibility index (Phi) is 5.75. The molecule has 3 rings (SSSR count). The van der Waals surface area contributed by atoms with Gasteiger partial charge in [-0.05, 0) is 24.3 Å². The predicted molar refractivity (Wildman–Crippen MR) is 105 cm³/mol. The van der Waals surface area contributed by atoms with Crippen molar-refractivity contribution in [2.75, 3.05) is 31.1 Å². The number of aliphatic hydroxyl groups is 2. The lowest BCUT2D eigenvalue weighted by molar-refractivity contribution is -0.117. The number of amides is 1. The highest BCUT2D eigenvalue weighted by Gasteiger charge is 2.23. The summed E-state index contributed by atoms with van der Waals surface area (Å²) >= 11 is 0. The number of fused-ring (bicyclic) bond motifs is 1. The second-order valence-electron chi connectivity index (χ2n) is 6.68. The van der Waals surface area contributed by atoms with Gasteiger partial charge < -0.3 is 20.4 Å². The molecule has 0 aromatic heterocycles. The average molecular weight is 365 g/mol. The van der Waals surface area contributed by atoms with Crippen LogP contribution < -0.4 is 10.2 Å². The van der Waals surface area contributed by atoms with Gasteiger partial charge in [-0.2, -0.15) is 5.26 Å². The van der Waals surface area contributed by atoms with E-state index in [1.54, 1.807) is 6.92 Å². The van der Waals surface area contributed by atoms with Crippen molar-refractivity contribution in [3.63, 3.8) is 0 Å². The van der Waals surface area contributed by atoms with Crippen molar-refractivity contribution >= 4 is 27.9 Å². The van der Waals surface area contributed by atoms with Gasteiger partial charge in [0.1, 0.15) is 11.6 Å². The maximum atomic E-state index is 12.4. The number of rotatable bonds is 6. The lowest BCUT2D eigenvalue weighted by atomic mass is 9.94. The van der Waals surface area contributed by atoms with Gasteiger partial charge >= 0.3 is 0 Å². The fourth-order valence-corrected chi connectivity index (χ4v) is 3.24. The van der Waals surface area contributed by atoms with Crippen molar-refractivity contribution < 1.29 is 15.0 Å². The van der Waals surface area contributed by atoms with Gasteiger partial charge in [0.25, 0.3) is 5.91 Å². The maximum absolute atomic E-state index is 12.4. The van der Waals surface area contributed by atoms with E-state index in [9.17, 15) is 15.2 Å². The quantitative estimate of drug-likeness (QED) is 0.536. The van der Waals surface area contributed by atoms with Gasteiger partial charge in [0.05, 0.1) is 18.4 Å². The van der Waals surface area contributed by atoms with Crippen LogP contribution in [0.2, 0.25) is 0 Å². The second kappa shape index (κ2) is 8.21. The van der Waals surface area contributed by atoms with E-state index in [0.717, 1.165) is 41.5 Å². The van der Waals surface area contributed by atoms with Crippen LogP contribution in [-0.4, -0.2) is 48.5 Å². The molecule has 6 nitrogen and oxygen atoms in total. The molecule has 0 saturated carbocycles. The highest BCUT2D eigenvalue weighted by Crippen LogP contribution is 2.38.